The van der Waals surface area contributed by atoms with E-state index in [9.17, 15) is 9.59 Å². The molecule has 3 atom stereocenters. The fourth-order valence-corrected chi connectivity index (χ4v) is 3.16. The number of amides is 1. The van der Waals surface area contributed by atoms with Crippen LogP contribution in [0.1, 0.15) is 45.1 Å². The second-order valence-corrected chi connectivity index (χ2v) is 7.23. The molecular formula is C18H24BrNO3. The molecule has 0 heterocycles. The van der Waals surface area contributed by atoms with E-state index in [1.54, 1.807) is 6.92 Å². The number of carbonyl (C=O) groups excluding carboxylic acids is 2. The Bertz CT molecular complexity index is 544. The van der Waals surface area contributed by atoms with E-state index in [-0.39, 0.29) is 24.3 Å². The van der Waals surface area contributed by atoms with Gasteiger partial charge in [0, 0.05) is 10.5 Å². The number of hydrogen-bond acceptors (Lipinski definition) is 3. The molecule has 0 spiro atoms. The summed E-state index contributed by atoms with van der Waals surface area (Å²) in [5.74, 6) is -0.0991. The highest BCUT2D eigenvalue weighted by Crippen LogP contribution is 2.23. The van der Waals surface area contributed by atoms with Crippen molar-refractivity contribution in [2.45, 2.75) is 58.1 Å². The van der Waals surface area contributed by atoms with E-state index in [2.05, 4.69) is 28.2 Å². The number of rotatable bonds is 5. The minimum atomic E-state index is -0.757. The average Bonchev–Trinajstić information content (AvgIpc) is 2.51. The van der Waals surface area contributed by atoms with E-state index in [0.29, 0.717) is 5.92 Å². The van der Waals surface area contributed by atoms with Crippen molar-refractivity contribution in [1.82, 2.24) is 5.32 Å². The molecule has 0 aromatic heterocycles. The summed E-state index contributed by atoms with van der Waals surface area (Å²) < 4.78 is 6.22. The highest BCUT2D eigenvalue weighted by molar-refractivity contribution is 9.10. The van der Waals surface area contributed by atoms with Crippen molar-refractivity contribution in [1.29, 1.82) is 0 Å². The molecule has 1 aromatic rings. The molecule has 23 heavy (non-hydrogen) atoms. The molecular weight excluding hydrogens is 358 g/mol. The van der Waals surface area contributed by atoms with Gasteiger partial charge in [-0.1, -0.05) is 47.8 Å². The Morgan fingerprint density at radius 3 is 2.57 bits per heavy atom. The normalized spacial score (nSPS) is 22.2. The monoisotopic (exact) mass is 381 g/mol. The van der Waals surface area contributed by atoms with Crippen LogP contribution in [0.2, 0.25) is 0 Å². The van der Waals surface area contributed by atoms with Gasteiger partial charge in [0.05, 0.1) is 6.42 Å². The molecule has 4 nitrogen and oxygen atoms in total. The Morgan fingerprint density at radius 2 is 1.91 bits per heavy atom. The summed E-state index contributed by atoms with van der Waals surface area (Å²) in [6.45, 7) is 3.79. The maximum Gasteiger partial charge on any atom is 0.311 e. The van der Waals surface area contributed by atoms with Crippen LogP contribution in [0.5, 0.6) is 0 Å². The SMILES string of the molecule is C[C@@H](OC(=O)Cc1ccc(Br)cc1)C(=O)N[C@H]1CCCC[C@@H]1C. The van der Waals surface area contributed by atoms with Gasteiger partial charge in [-0.3, -0.25) is 9.59 Å². The zero-order chi connectivity index (χ0) is 16.8. The Labute approximate surface area is 146 Å². The van der Waals surface area contributed by atoms with Gasteiger partial charge in [-0.25, -0.2) is 0 Å². The first kappa shape index (κ1) is 18.0. The number of carbonyl (C=O) groups is 2. The molecule has 1 N–H and O–H groups in total. The van der Waals surface area contributed by atoms with Crippen LogP contribution in [0.25, 0.3) is 0 Å². The van der Waals surface area contributed by atoms with Crippen molar-refractivity contribution >= 4 is 27.8 Å². The van der Waals surface area contributed by atoms with Gasteiger partial charge >= 0.3 is 5.97 Å². The molecule has 1 aliphatic rings. The third-order valence-corrected chi connectivity index (χ3v) is 4.91. The molecule has 0 radical (unpaired) electrons. The maximum atomic E-state index is 12.2. The highest BCUT2D eigenvalue weighted by atomic mass is 79.9. The van der Waals surface area contributed by atoms with Crippen LogP contribution in [-0.2, 0) is 20.7 Å². The van der Waals surface area contributed by atoms with E-state index < -0.39 is 6.10 Å². The Kier molecular flexibility index (Phi) is 6.63. The van der Waals surface area contributed by atoms with Crippen molar-refractivity contribution in [3.63, 3.8) is 0 Å². The summed E-state index contributed by atoms with van der Waals surface area (Å²) in [6, 6.07) is 7.68. The van der Waals surface area contributed by atoms with Crippen molar-refractivity contribution in [2.24, 2.45) is 5.92 Å². The lowest BCUT2D eigenvalue weighted by Gasteiger charge is -2.30. The quantitative estimate of drug-likeness (QED) is 0.792. The zero-order valence-corrected chi connectivity index (χ0v) is 15.3. The van der Waals surface area contributed by atoms with Crippen LogP contribution in [0.4, 0.5) is 0 Å². The second kappa shape index (κ2) is 8.48. The van der Waals surface area contributed by atoms with E-state index in [4.69, 9.17) is 4.74 Å². The first-order valence-electron chi connectivity index (χ1n) is 8.20. The fraction of sp³-hybridized carbons (Fsp3) is 0.556. The second-order valence-electron chi connectivity index (χ2n) is 6.31. The Morgan fingerprint density at radius 1 is 1.26 bits per heavy atom. The highest BCUT2D eigenvalue weighted by Gasteiger charge is 2.26. The molecule has 1 aliphatic carbocycles. The van der Waals surface area contributed by atoms with Crippen molar-refractivity contribution in [3.05, 3.63) is 34.3 Å². The minimum absolute atomic E-state index is 0.171. The number of benzene rings is 1. The molecule has 1 aromatic carbocycles. The zero-order valence-electron chi connectivity index (χ0n) is 13.7. The van der Waals surface area contributed by atoms with Crippen molar-refractivity contribution < 1.29 is 14.3 Å². The smallest absolute Gasteiger partial charge is 0.311 e. The van der Waals surface area contributed by atoms with Gasteiger partial charge < -0.3 is 10.1 Å². The van der Waals surface area contributed by atoms with Crippen LogP contribution in [-0.4, -0.2) is 24.0 Å². The van der Waals surface area contributed by atoms with Gasteiger partial charge in [0.1, 0.15) is 0 Å². The van der Waals surface area contributed by atoms with Crippen molar-refractivity contribution in [2.75, 3.05) is 0 Å². The van der Waals surface area contributed by atoms with E-state index in [1.807, 2.05) is 24.3 Å². The number of ether oxygens (including phenoxy) is 1. The molecule has 0 bridgehead atoms. The van der Waals surface area contributed by atoms with Crippen LogP contribution < -0.4 is 5.32 Å². The third kappa shape index (κ3) is 5.65. The molecule has 126 valence electrons. The van der Waals surface area contributed by atoms with Gasteiger partial charge in [-0.05, 0) is 43.4 Å². The van der Waals surface area contributed by atoms with Crippen LogP contribution in [0.15, 0.2) is 28.7 Å². The number of nitrogens with one attached hydrogen (secondary N) is 1. The molecule has 0 unspecified atom stereocenters. The first-order valence-corrected chi connectivity index (χ1v) is 8.99. The van der Waals surface area contributed by atoms with Crippen LogP contribution >= 0.6 is 15.9 Å². The summed E-state index contributed by atoms with van der Waals surface area (Å²) in [4.78, 5) is 24.1. The lowest BCUT2D eigenvalue weighted by Crippen LogP contribution is -2.46. The number of esters is 1. The molecule has 1 amide bonds. The van der Waals surface area contributed by atoms with Gasteiger partial charge in [0.25, 0.3) is 5.91 Å². The number of hydrogen-bond donors (Lipinski definition) is 1. The summed E-state index contributed by atoms with van der Waals surface area (Å²) >= 11 is 3.35. The van der Waals surface area contributed by atoms with Gasteiger partial charge in [0.2, 0.25) is 0 Å². The Balaban J connectivity index is 1.80. The molecule has 0 saturated heterocycles. The van der Waals surface area contributed by atoms with Crippen LogP contribution in [0, 0.1) is 5.92 Å². The lowest BCUT2D eigenvalue weighted by atomic mass is 9.86. The Hall–Kier alpha value is -1.36. The maximum absolute atomic E-state index is 12.2. The van der Waals surface area contributed by atoms with Crippen LogP contribution in [0.3, 0.4) is 0 Å². The number of halogens is 1. The predicted octanol–water partition coefficient (Wildman–Crippen LogP) is 3.62. The molecule has 2 rings (SSSR count). The fourth-order valence-electron chi connectivity index (χ4n) is 2.89. The standard InChI is InChI=1S/C18H24BrNO3/c1-12-5-3-4-6-16(12)20-18(22)13(2)23-17(21)11-14-7-9-15(19)10-8-14/h7-10,12-13,16H,3-6,11H2,1-2H3,(H,20,22)/t12-,13+,16-/m0/s1. The third-order valence-electron chi connectivity index (χ3n) is 4.38. The predicted molar refractivity (Wildman–Crippen MR) is 93.0 cm³/mol. The van der Waals surface area contributed by atoms with Gasteiger partial charge in [-0.2, -0.15) is 0 Å². The average molecular weight is 382 g/mol. The lowest BCUT2D eigenvalue weighted by molar-refractivity contribution is -0.154. The summed E-state index contributed by atoms with van der Waals surface area (Å²) in [5.41, 5.74) is 0.867. The van der Waals surface area contributed by atoms with E-state index in [0.717, 1.165) is 29.3 Å². The topological polar surface area (TPSA) is 55.4 Å². The summed E-state index contributed by atoms with van der Waals surface area (Å²) in [7, 11) is 0. The summed E-state index contributed by atoms with van der Waals surface area (Å²) in [6.07, 6.45) is 3.94. The summed E-state index contributed by atoms with van der Waals surface area (Å²) in [5, 5.41) is 3.02. The first-order chi connectivity index (χ1) is 11.0. The van der Waals surface area contributed by atoms with Gasteiger partial charge in [0.15, 0.2) is 6.10 Å². The molecule has 1 fully saturated rings. The minimum Gasteiger partial charge on any atom is -0.452 e. The largest absolute Gasteiger partial charge is 0.452 e. The van der Waals surface area contributed by atoms with E-state index in [1.165, 1.54) is 6.42 Å². The van der Waals surface area contributed by atoms with Gasteiger partial charge in [-0.15, -0.1) is 0 Å². The van der Waals surface area contributed by atoms with E-state index >= 15 is 0 Å². The molecule has 0 aliphatic heterocycles. The molecule has 1 saturated carbocycles. The molecule has 5 heteroatoms. The van der Waals surface area contributed by atoms with Crippen molar-refractivity contribution in [3.8, 4) is 0 Å².